The standard InChI is InChI=1S/C60H79BN2/c1-55(2,3)40-24-26-50-48(36-40)61-49-37-41(56(4,5)6)25-27-51(49)63(47-34-44(59(13,14)15)31-45(35-47)60(16,17)18)53-29-39(38-22-20-19-21-23-38)28-52(54(53)61)62(50)46-32-42(57(7,8)9)30-43(33-46)58(10,11)12/h24-38H,19-23H2,1-18H3. The second kappa shape index (κ2) is 15.2. The number of fused-ring (bicyclic) bond motifs is 4. The van der Waals surface area contributed by atoms with Gasteiger partial charge in [0.15, 0.2) is 0 Å². The van der Waals surface area contributed by atoms with Crippen LogP contribution >= 0.6 is 0 Å². The van der Waals surface area contributed by atoms with Gasteiger partial charge >= 0.3 is 0 Å². The quantitative estimate of drug-likeness (QED) is 0.164. The van der Waals surface area contributed by atoms with E-state index in [1.54, 1.807) is 0 Å². The molecule has 5 aromatic carbocycles. The third-order valence-corrected chi connectivity index (χ3v) is 14.7. The molecule has 2 aliphatic heterocycles. The molecule has 0 aromatic heterocycles. The molecule has 0 N–H and O–H groups in total. The first kappa shape index (κ1) is 45.3. The Bertz CT molecular complexity index is 2330. The summed E-state index contributed by atoms with van der Waals surface area (Å²) in [6.45, 7) is 42.8. The third-order valence-electron chi connectivity index (χ3n) is 14.7. The van der Waals surface area contributed by atoms with E-state index < -0.39 is 0 Å². The van der Waals surface area contributed by atoms with Crippen LogP contribution in [0, 0.1) is 0 Å². The van der Waals surface area contributed by atoms with Gasteiger partial charge in [-0.25, -0.2) is 0 Å². The number of anilines is 6. The molecular weight excluding hydrogens is 759 g/mol. The number of benzene rings is 5. The fourth-order valence-corrected chi connectivity index (χ4v) is 10.4. The van der Waals surface area contributed by atoms with E-state index in [1.165, 1.54) is 122 Å². The van der Waals surface area contributed by atoms with Gasteiger partial charge in [-0.05, 0) is 155 Å². The van der Waals surface area contributed by atoms with Gasteiger partial charge in [-0.2, -0.15) is 0 Å². The van der Waals surface area contributed by atoms with Gasteiger partial charge in [-0.3, -0.25) is 0 Å². The molecule has 0 bridgehead atoms. The van der Waals surface area contributed by atoms with Crippen LogP contribution in [0.1, 0.15) is 202 Å². The van der Waals surface area contributed by atoms with Gasteiger partial charge < -0.3 is 9.80 Å². The Morgan fingerprint density at radius 2 is 0.698 bits per heavy atom. The SMILES string of the molecule is CC(C)(C)c1cc(N2c3ccc(C(C)(C)C)cc3B3c4cc(C(C)(C)C)ccc4N(c4cc(C(C)(C)C)cc(C(C)(C)C)c4)c4cc(C5CCCCC5)cc2c43)cc(C(C)(C)C)c1. The average molecular weight is 839 g/mol. The van der Waals surface area contributed by atoms with E-state index in [9.17, 15) is 0 Å². The van der Waals surface area contributed by atoms with Crippen LogP contribution < -0.4 is 26.2 Å². The summed E-state index contributed by atoms with van der Waals surface area (Å²) >= 11 is 0. The minimum Gasteiger partial charge on any atom is -0.311 e. The Hall–Kier alpha value is -4.24. The van der Waals surface area contributed by atoms with Crippen molar-refractivity contribution in [2.75, 3.05) is 9.80 Å². The van der Waals surface area contributed by atoms with Crippen molar-refractivity contribution in [1.82, 2.24) is 0 Å². The van der Waals surface area contributed by atoms with Crippen LogP contribution in [0.3, 0.4) is 0 Å². The summed E-state index contributed by atoms with van der Waals surface area (Å²) in [5, 5.41) is 0. The van der Waals surface area contributed by atoms with Gasteiger partial charge in [0.25, 0.3) is 6.71 Å². The molecule has 5 aromatic rings. The van der Waals surface area contributed by atoms with E-state index >= 15 is 0 Å². The highest BCUT2D eigenvalue weighted by atomic mass is 15.2. The Labute approximate surface area is 384 Å². The lowest BCUT2D eigenvalue weighted by Gasteiger charge is -2.46. The second-order valence-corrected chi connectivity index (χ2v) is 26.0. The molecule has 1 fully saturated rings. The van der Waals surface area contributed by atoms with Crippen LogP contribution in [0.25, 0.3) is 0 Å². The topological polar surface area (TPSA) is 6.48 Å². The van der Waals surface area contributed by atoms with Gasteiger partial charge in [0.1, 0.15) is 0 Å². The van der Waals surface area contributed by atoms with Crippen molar-refractivity contribution in [2.45, 2.75) is 195 Å². The minimum absolute atomic E-state index is 0.00704. The molecule has 0 atom stereocenters. The van der Waals surface area contributed by atoms with Gasteiger partial charge in [-0.15, -0.1) is 0 Å². The summed E-state index contributed by atoms with van der Waals surface area (Å²) in [4.78, 5) is 5.41. The molecular formula is C60H79BN2. The van der Waals surface area contributed by atoms with E-state index in [0.717, 1.165) is 0 Å². The maximum absolute atomic E-state index is 2.71. The number of rotatable bonds is 3. The molecule has 63 heavy (non-hydrogen) atoms. The number of hydrogen-bond acceptors (Lipinski definition) is 2. The van der Waals surface area contributed by atoms with E-state index in [4.69, 9.17) is 0 Å². The van der Waals surface area contributed by atoms with Crippen molar-refractivity contribution in [3.63, 3.8) is 0 Å². The first-order chi connectivity index (χ1) is 29.0. The molecule has 0 unspecified atom stereocenters. The summed E-state index contributed by atoms with van der Waals surface area (Å²) in [7, 11) is 0. The highest BCUT2D eigenvalue weighted by Crippen LogP contribution is 2.49. The van der Waals surface area contributed by atoms with Crippen LogP contribution in [-0.2, 0) is 32.5 Å². The van der Waals surface area contributed by atoms with Gasteiger partial charge in [-0.1, -0.05) is 180 Å². The summed E-state index contributed by atoms with van der Waals surface area (Å²) in [6, 6.07) is 35.4. The van der Waals surface area contributed by atoms with E-state index in [-0.39, 0.29) is 39.2 Å². The largest absolute Gasteiger partial charge is 0.311 e. The van der Waals surface area contributed by atoms with Crippen LogP contribution in [0.5, 0.6) is 0 Å². The summed E-state index contributed by atoms with van der Waals surface area (Å²) < 4.78 is 0. The Balaban J connectivity index is 1.56. The molecule has 1 saturated carbocycles. The zero-order chi connectivity index (χ0) is 46.0. The lowest BCUT2D eigenvalue weighted by atomic mass is 9.33. The van der Waals surface area contributed by atoms with E-state index in [1.807, 2.05) is 0 Å². The molecule has 0 saturated heterocycles. The normalized spacial score (nSPS) is 16.3. The molecule has 8 rings (SSSR count). The maximum atomic E-state index is 2.71. The molecule has 1 aliphatic carbocycles. The molecule has 2 heterocycles. The van der Waals surface area contributed by atoms with Crippen molar-refractivity contribution in [1.29, 1.82) is 0 Å². The number of hydrogen-bond donors (Lipinski definition) is 0. The van der Waals surface area contributed by atoms with Crippen molar-refractivity contribution >= 4 is 57.2 Å². The van der Waals surface area contributed by atoms with E-state index in [0.29, 0.717) is 5.92 Å². The monoisotopic (exact) mass is 839 g/mol. The minimum atomic E-state index is -0.0153. The highest BCUT2D eigenvalue weighted by Gasteiger charge is 2.45. The van der Waals surface area contributed by atoms with Gasteiger partial charge in [0, 0.05) is 34.1 Å². The lowest BCUT2D eigenvalue weighted by molar-refractivity contribution is 0.444. The fourth-order valence-electron chi connectivity index (χ4n) is 10.4. The smallest absolute Gasteiger partial charge is 0.252 e. The average Bonchev–Trinajstić information content (AvgIpc) is 3.18. The molecule has 0 amide bonds. The van der Waals surface area contributed by atoms with Crippen molar-refractivity contribution < 1.29 is 0 Å². The predicted octanol–water partition coefficient (Wildman–Crippen LogP) is 15.6. The Morgan fingerprint density at radius 3 is 1.02 bits per heavy atom. The van der Waals surface area contributed by atoms with Gasteiger partial charge in [0.2, 0.25) is 0 Å². The molecule has 3 heteroatoms. The Morgan fingerprint density at radius 1 is 0.365 bits per heavy atom. The zero-order valence-corrected chi connectivity index (χ0v) is 42.7. The van der Waals surface area contributed by atoms with Gasteiger partial charge in [0.05, 0.1) is 0 Å². The number of nitrogens with zero attached hydrogens (tertiary/aromatic N) is 2. The summed E-state index contributed by atoms with van der Waals surface area (Å²) in [5.74, 6) is 0.536. The maximum Gasteiger partial charge on any atom is 0.252 e. The second-order valence-electron chi connectivity index (χ2n) is 26.0. The molecule has 332 valence electrons. The fraction of sp³-hybridized carbons (Fsp3) is 0.500. The first-order valence-electron chi connectivity index (χ1n) is 24.4. The molecule has 2 nitrogen and oxygen atoms in total. The lowest BCUT2D eigenvalue weighted by Crippen LogP contribution is -2.61. The highest BCUT2D eigenvalue weighted by molar-refractivity contribution is 7.00. The first-order valence-corrected chi connectivity index (χ1v) is 24.4. The van der Waals surface area contributed by atoms with E-state index in [2.05, 4.69) is 219 Å². The van der Waals surface area contributed by atoms with Crippen LogP contribution in [0.2, 0.25) is 0 Å². The predicted molar refractivity (Wildman–Crippen MR) is 278 cm³/mol. The van der Waals surface area contributed by atoms with Crippen molar-refractivity contribution in [3.8, 4) is 0 Å². The Kier molecular flexibility index (Phi) is 10.9. The van der Waals surface area contributed by atoms with Crippen LogP contribution in [0.4, 0.5) is 34.1 Å². The third kappa shape index (κ3) is 8.45. The van der Waals surface area contributed by atoms with Crippen molar-refractivity contribution in [2.24, 2.45) is 0 Å². The zero-order valence-electron chi connectivity index (χ0n) is 42.7. The molecule has 0 spiro atoms. The molecule has 3 aliphatic rings. The summed E-state index contributed by atoms with van der Waals surface area (Å²) in [6.07, 6.45) is 6.44. The molecule has 0 radical (unpaired) electrons. The van der Waals surface area contributed by atoms with Crippen LogP contribution in [-0.4, -0.2) is 6.71 Å². The van der Waals surface area contributed by atoms with Crippen molar-refractivity contribution in [3.05, 3.63) is 124 Å². The summed E-state index contributed by atoms with van der Waals surface area (Å²) in [5.41, 5.74) is 21.8. The van der Waals surface area contributed by atoms with Crippen LogP contribution in [0.15, 0.2) is 84.9 Å².